The van der Waals surface area contributed by atoms with Crippen LogP contribution in [0.15, 0.2) is 54.9 Å². The van der Waals surface area contributed by atoms with Crippen molar-refractivity contribution in [1.29, 1.82) is 0 Å². The Labute approximate surface area is 283 Å². The van der Waals surface area contributed by atoms with Gasteiger partial charge in [-0.05, 0) is 91.0 Å². The van der Waals surface area contributed by atoms with Crippen molar-refractivity contribution < 1.29 is 39.1 Å². The second kappa shape index (κ2) is 15.7. The first kappa shape index (κ1) is 33.6. The molecule has 1 saturated carbocycles. The molecule has 0 unspecified atom stereocenters. The summed E-state index contributed by atoms with van der Waals surface area (Å²) in [4.78, 5) is 16.3. The Morgan fingerprint density at radius 3 is 2.72 bits per heavy atom. The van der Waals surface area contributed by atoms with Crippen molar-refractivity contribution in [2.24, 2.45) is 11.8 Å². The summed E-state index contributed by atoms with van der Waals surface area (Å²) in [6.07, 6.45) is 8.94. The number of carbonyl (C=O) groups is 1. The molecular formula is C36H43NO8S2. The summed E-state index contributed by atoms with van der Waals surface area (Å²) in [6.45, 7) is 1.70. The third-order valence-electron chi connectivity index (χ3n) is 9.21. The highest BCUT2D eigenvalue weighted by Crippen LogP contribution is 2.45. The largest absolute Gasteiger partial charge is 0.504 e. The number of fused-ring (bicyclic) bond motifs is 4. The third-order valence-corrected chi connectivity index (χ3v) is 11.9. The first-order valence-electron chi connectivity index (χ1n) is 16.4. The molecule has 3 heterocycles. The Balaban J connectivity index is 1.24. The molecular weight excluding hydrogens is 639 g/mol. The maximum Gasteiger partial charge on any atom is 0.302 e. The molecule has 2 fully saturated rings. The van der Waals surface area contributed by atoms with Crippen LogP contribution in [0.5, 0.6) is 28.7 Å². The number of esters is 1. The van der Waals surface area contributed by atoms with E-state index in [0.717, 1.165) is 41.9 Å². The number of nitrogens with zero attached hydrogens (tertiary/aromatic N) is 1. The van der Waals surface area contributed by atoms with Gasteiger partial charge in [-0.25, -0.2) is 0 Å². The molecule has 11 heteroatoms. The molecule has 1 saturated heterocycles. The number of carbonyl (C=O) groups excluding carboxylic acids is 1. The van der Waals surface area contributed by atoms with Gasteiger partial charge in [-0.15, -0.1) is 0 Å². The van der Waals surface area contributed by atoms with Crippen LogP contribution in [0.2, 0.25) is 0 Å². The van der Waals surface area contributed by atoms with Crippen molar-refractivity contribution in [3.63, 3.8) is 0 Å². The van der Waals surface area contributed by atoms with E-state index in [1.807, 2.05) is 45.9 Å². The molecule has 3 aromatic rings. The van der Waals surface area contributed by atoms with E-state index < -0.39 is 6.10 Å². The minimum absolute atomic E-state index is 0.0618. The highest BCUT2D eigenvalue weighted by atomic mass is 33.1. The molecule has 47 heavy (non-hydrogen) atoms. The number of ether oxygens (including phenoxy) is 4. The van der Waals surface area contributed by atoms with Gasteiger partial charge in [0, 0.05) is 50.1 Å². The summed E-state index contributed by atoms with van der Waals surface area (Å²) >= 11 is 0. The molecule has 1 aliphatic carbocycles. The smallest absolute Gasteiger partial charge is 0.302 e. The molecule has 0 radical (unpaired) electrons. The number of phenols is 3. The van der Waals surface area contributed by atoms with Gasteiger partial charge in [0.1, 0.15) is 6.10 Å². The third kappa shape index (κ3) is 9.00. The van der Waals surface area contributed by atoms with E-state index >= 15 is 0 Å². The molecule has 6 rings (SSSR count). The Hall–Kier alpha value is -3.28. The predicted molar refractivity (Wildman–Crippen MR) is 182 cm³/mol. The van der Waals surface area contributed by atoms with Crippen molar-refractivity contribution in [3.05, 3.63) is 71.5 Å². The fraction of sp³-hybridized carbons (Fsp3) is 0.500. The van der Waals surface area contributed by atoms with Gasteiger partial charge < -0.3 is 34.3 Å². The monoisotopic (exact) mass is 681 g/mol. The first-order chi connectivity index (χ1) is 22.8. The van der Waals surface area contributed by atoms with Gasteiger partial charge in [0.05, 0.1) is 24.9 Å². The lowest BCUT2D eigenvalue weighted by Crippen LogP contribution is -2.39. The standard InChI is InChI=1S/C36H43NO8S2/c1-22(38)43-29-17-32(26-15-31(40)36(41)35(16-26)42-11-9-23-5-3-10-37-19-23)45-33(18-29)27-12-24-7-8-30(39)34(14-24)44-28-6-2-4-25(13-28)20-46-47-21-27/h3,5,7-8,10,14-16,19,25,27-29,32-33,39-41H,2,4,6,9,11-13,17-18,20-21H2,1H3/t25-,27-,28+,29+,32-,33+/m0/s1. The van der Waals surface area contributed by atoms with E-state index in [0.29, 0.717) is 42.9 Å². The Kier molecular flexibility index (Phi) is 11.3. The minimum Gasteiger partial charge on any atom is -0.504 e. The van der Waals surface area contributed by atoms with Crippen LogP contribution in [-0.4, -0.2) is 62.7 Å². The van der Waals surface area contributed by atoms with Crippen molar-refractivity contribution in [3.8, 4) is 28.7 Å². The Bertz CT molecular complexity index is 1510. The summed E-state index contributed by atoms with van der Waals surface area (Å²) in [5.41, 5.74) is 2.67. The van der Waals surface area contributed by atoms with E-state index in [1.165, 1.54) is 19.4 Å². The van der Waals surface area contributed by atoms with Crippen LogP contribution in [0.3, 0.4) is 0 Å². The van der Waals surface area contributed by atoms with E-state index in [9.17, 15) is 20.1 Å². The molecule has 0 spiro atoms. The molecule has 1 aromatic heterocycles. The SMILES string of the molecule is CC(=O)O[C@@H]1C[C@@H](c2cc(O)c(O)c(OCCc3cccnc3)c2)O[C@@H]([C@@H]2CSSC[C@H]3CCC[C@H](C3)Oc3cc(ccc3O)C2)C1. The van der Waals surface area contributed by atoms with E-state index in [-0.39, 0.29) is 59.8 Å². The number of phenolic OH excluding ortho intramolecular Hbond substituents is 3. The van der Waals surface area contributed by atoms with E-state index in [1.54, 1.807) is 24.5 Å². The van der Waals surface area contributed by atoms with Crippen LogP contribution in [0.1, 0.15) is 68.2 Å². The van der Waals surface area contributed by atoms with Gasteiger partial charge in [0.25, 0.3) is 0 Å². The number of benzene rings is 2. The van der Waals surface area contributed by atoms with Crippen LogP contribution in [0.4, 0.5) is 0 Å². The lowest BCUT2D eigenvalue weighted by Gasteiger charge is -2.39. The number of hydrogen-bond acceptors (Lipinski definition) is 11. The van der Waals surface area contributed by atoms with E-state index in [2.05, 4.69) is 4.98 Å². The zero-order valence-corrected chi connectivity index (χ0v) is 28.2. The molecule has 0 amide bonds. The Morgan fingerprint density at radius 2 is 1.89 bits per heavy atom. The van der Waals surface area contributed by atoms with Crippen molar-refractivity contribution in [2.45, 2.75) is 82.7 Å². The fourth-order valence-electron chi connectivity index (χ4n) is 6.84. The predicted octanol–water partition coefficient (Wildman–Crippen LogP) is 7.16. The van der Waals surface area contributed by atoms with Gasteiger partial charge in [-0.1, -0.05) is 33.7 Å². The molecule has 252 valence electrons. The van der Waals surface area contributed by atoms with Crippen molar-refractivity contribution in [2.75, 3.05) is 18.1 Å². The second-order valence-corrected chi connectivity index (χ2v) is 15.4. The van der Waals surface area contributed by atoms with Gasteiger partial charge in [0.15, 0.2) is 23.0 Å². The molecule has 9 nitrogen and oxygen atoms in total. The number of aromatic nitrogens is 1. The summed E-state index contributed by atoms with van der Waals surface area (Å²) in [5, 5.41) is 32.0. The minimum atomic E-state index is -0.509. The molecule has 3 aliphatic rings. The number of aromatic hydroxyl groups is 3. The average molecular weight is 682 g/mol. The zero-order chi connectivity index (χ0) is 32.8. The van der Waals surface area contributed by atoms with Gasteiger partial charge in [-0.3, -0.25) is 9.78 Å². The van der Waals surface area contributed by atoms with Crippen LogP contribution in [-0.2, 0) is 27.1 Å². The number of pyridine rings is 1. The van der Waals surface area contributed by atoms with Crippen molar-refractivity contribution >= 4 is 27.6 Å². The van der Waals surface area contributed by atoms with E-state index in [4.69, 9.17) is 18.9 Å². The lowest BCUT2D eigenvalue weighted by molar-refractivity contribution is -0.163. The number of hydrogen-bond donors (Lipinski definition) is 3. The maximum absolute atomic E-state index is 12.1. The summed E-state index contributed by atoms with van der Waals surface area (Å²) in [5.74, 6) is 2.36. The first-order valence-corrected chi connectivity index (χ1v) is 18.9. The molecule has 6 atom stereocenters. The van der Waals surface area contributed by atoms with Crippen LogP contribution < -0.4 is 9.47 Å². The summed E-state index contributed by atoms with van der Waals surface area (Å²) in [6, 6.07) is 12.6. The van der Waals surface area contributed by atoms with Crippen LogP contribution in [0, 0.1) is 11.8 Å². The van der Waals surface area contributed by atoms with Gasteiger partial charge in [0.2, 0.25) is 5.75 Å². The average Bonchev–Trinajstić information content (AvgIpc) is 3.06. The zero-order valence-electron chi connectivity index (χ0n) is 26.6. The Morgan fingerprint density at radius 1 is 1.02 bits per heavy atom. The molecule has 4 bridgehead atoms. The van der Waals surface area contributed by atoms with Crippen LogP contribution in [0.25, 0.3) is 0 Å². The lowest BCUT2D eigenvalue weighted by atomic mass is 9.87. The second-order valence-electron chi connectivity index (χ2n) is 12.8. The molecule has 2 aliphatic heterocycles. The highest BCUT2D eigenvalue weighted by Gasteiger charge is 2.37. The molecule has 3 N–H and O–H groups in total. The van der Waals surface area contributed by atoms with Gasteiger partial charge >= 0.3 is 5.97 Å². The van der Waals surface area contributed by atoms with Gasteiger partial charge in [-0.2, -0.15) is 0 Å². The summed E-state index contributed by atoms with van der Waals surface area (Å²) < 4.78 is 24.9. The summed E-state index contributed by atoms with van der Waals surface area (Å²) in [7, 11) is 3.75. The fourth-order valence-corrected chi connectivity index (χ4v) is 9.71. The quantitative estimate of drug-likeness (QED) is 0.134. The highest BCUT2D eigenvalue weighted by molar-refractivity contribution is 8.76. The maximum atomic E-state index is 12.1. The normalized spacial score (nSPS) is 26.5. The topological polar surface area (TPSA) is 128 Å². The molecule has 2 aromatic carbocycles. The van der Waals surface area contributed by atoms with Crippen LogP contribution >= 0.6 is 21.6 Å². The number of rotatable bonds is 7. The van der Waals surface area contributed by atoms with Crippen molar-refractivity contribution in [1.82, 2.24) is 4.98 Å².